The molecule has 0 bridgehead atoms. The third-order valence-electron chi connectivity index (χ3n) is 3.21. The lowest BCUT2D eigenvalue weighted by molar-refractivity contribution is 0.102. The van der Waals surface area contributed by atoms with Crippen LogP contribution in [0.4, 0.5) is 0 Å². The van der Waals surface area contributed by atoms with Crippen molar-refractivity contribution in [2.24, 2.45) is 0 Å². The highest BCUT2D eigenvalue weighted by atomic mass is 79.9. The van der Waals surface area contributed by atoms with Crippen molar-refractivity contribution in [2.45, 2.75) is 25.8 Å². The summed E-state index contributed by atoms with van der Waals surface area (Å²) < 4.78 is 6.33. The molecule has 2 nitrogen and oxygen atoms in total. The van der Waals surface area contributed by atoms with Crippen molar-refractivity contribution in [2.75, 3.05) is 5.33 Å². The Hall–Kier alpha value is -1.39. The van der Waals surface area contributed by atoms with Crippen LogP contribution in [-0.4, -0.2) is 20.2 Å². The number of halogens is 1. The molecule has 0 spiro atoms. The van der Waals surface area contributed by atoms with Crippen LogP contribution in [-0.2, 0) is 0 Å². The van der Waals surface area contributed by atoms with Crippen molar-refractivity contribution in [1.29, 1.82) is 0 Å². The molecule has 0 heterocycles. The van der Waals surface area contributed by atoms with Gasteiger partial charge in [0.05, 0.1) is 5.33 Å². The molecule has 0 aliphatic carbocycles. The summed E-state index contributed by atoms with van der Waals surface area (Å²) in [6.45, 7) is 6.59. The van der Waals surface area contributed by atoms with Crippen LogP contribution in [0.3, 0.4) is 0 Å². The fourth-order valence-corrected chi connectivity index (χ4v) is 4.63. The Morgan fingerprint density at radius 2 is 1.77 bits per heavy atom. The third kappa shape index (κ3) is 4.30. The first-order valence-electron chi connectivity index (χ1n) is 7.22. The van der Waals surface area contributed by atoms with Crippen molar-refractivity contribution in [3.63, 3.8) is 0 Å². The number of rotatable bonds is 5. The molecule has 0 atom stereocenters. The smallest absolute Gasteiger partial charge is 0.322 e. The summed E-state index contributed by atoms with van der Waals surface area (Å²) in [6, 6.07) is 17.8. The molecule has 0 N–H and O–H groups in total. The van der Waals surface area contributed by atoms with E-state index in [-0.39, 0.29) is 10.8 Å². The lowest BCUT2D eigenvalue weighted by atomic mass is 10.1. The zero-order chi connectivity index (χ0) is 16.2. The number of carbonyl (C=O) groups excluding carboxylic acids is 1. The van der Waals surface area contributed by atoms with Gasteiger partial charge in [0.2, 0.25) is 0 Å². The summed E-state index contributed by atoms with van der Waals surface area (Å²) in [6.07, 6.45) is 0. The molecule has 2 aromatic carbocycles. The van der Waals surface area contributed by atoms with E-state index in [4.69, 9.17) is 4.43 Å². The number of hydrogen-bond donors (Lipinski definition) is 0. The predicted molar refractivity (Wildman–Crippen MR) is 96.7 cm³/mol. The van der Waals surface area contributed by atoms with Crippen molar-refractivity contribution in [3.8, 4) is 5.75 Å². The quantitative estimate of drug-likeness (QED) is 0.441. The number of carbonyl (C=O) groups is 1. The van der Waals surface area contributed by atoms with E-state index in [1.54, 1.807) is 0 Å². The highest BCUT2D eigenvalue weighted by molar-refractivity contribution is 9.09. The lowest BCUT2D eigenvalue weighted by Crippen LogP contribution is -2.44. The Morgan fingerprint density at radius 1 is 1.09 bits per heavy atom. The fraction of sp³-hybridized carbons (Fsp3) is 0.278. The first-order chi connectivity index (χ1) is 10.4. The molecule has 0 unspecified atom stereocenters. The standard InChI is InChI=1S/C18H20BrO2Si/c1-18(2,3)22(16-10-5-4-6-11-16)21-15-9-7-8-14(12-15)17(20)13-19/h4-12H,13H2,1-3H3. The number of ketones is 1. The van der Waals surface area contributed by atoms with Gasteiger partial charge in [-0.3, -0.25) is 4.79 Å². The maximum atomic E-state index is 11.8. The average Bonchev–Trinajstić information content (AvgIpc) is 2.52. The molecule has 0 aliphatic rings. The second kappa shape index (κ2) is 7.25. The average molecular weight is 376 g/mol. The van der Waals surface area contributed by atoms with Gasteiger partial charge in [-0.05, 0) is 22.4 Å². The molecule has 0 saturated carbocycles. The molecule has 2 rings (SSSR count). The van der Waals surface area contributed by atoms with Gasteiger partial charge in [-0.1, -0.05) is 79.2 Å². The van der Waals surface area contributed by atoms with Gasteiger partial charge in [-0.25, -0.2) is 0 Å². The molecule has 22 heavy (non-hydrogen) atoms. The Kier molecular flexibility index (Phi) is 5.59. The number of hydrogen-bond acceptors (Lipinski definition) is 2. The molecule has 0 saturated heterocycles. The van der Waals surface area contributed by atoms with E-state index in [2.05, 4.69) is 48.8 Å². The first kappa shape index (κ1) is 17.0. The van der Waals surface area contributed by atoms with Gasteiger partial charge in [0, 0.05) is 5.56 Å². The van der Waals surface area contributed by atoms with Gasteiger partial charge >= 0.3 is 9.04 Å². The summed E-state index contributed by atoms with van der Waals surface area (Å²) in [7, 11) is -1.26. The van der Waals surface area contributed by atoms with Crippen LogP contribution >= 0.6 is 15.9 Å². The van der Waals surface area contributed by atoms with Crippen LogP contribution in [0.15, 0.2) is 54.6 Å². The van der Waals surface area contributed by atoms with Crippen molar-refractivity contribution >= 4 is 35.9 Å². The van der Waals surface area contributed by atoms with E-state index >= 15 is 0 Å². The number of alkyl halides is 1. The van der Waals surface area contributed by atoms with Crippen molar-refractivity contribution < 1.29 is 9.22 Å². The minimum absolute atomic E-state index is 0.0431. The molecule has 0 aromatic heterocycles. The Morgan fingerprint density at radius 3 is 2.36 bits per heavy atom. The maximum Gasteiger partial charge on any atom is 0.322 e. The summed E-state index contributed by atoms with van der Waals surface area (Å²) >= 11 is 3.21. The van der Waals surface area contributed by atoms with Gasteiger partial charge in [0.25, 0.3) is 0 Å². The van der Waals surface area contributed by atoms with Gasteiger partial charge in [-0.2, -0.15) is 0 Å². The second-order valence-electron chi connectivity index (χ2n) is 6.13. The second-order valence-corrected chi connectivity index (χ2v) is 9.63. The molecule has 0 amide bonds. The zero-order valence-corrected chi connectivity index (χ0v) is 15.7. The molecular weight excluding hydrogens is 356 g/mol. The highest BCUT2D eigenvalue weighted by Gasteiger charge is 2.33. The highest BCUT2D eigenvalue weighted by Crippen LogP contribution is 2.29. The summed E-state index contributed by atoms with van der Waals surface area (Å²) in [5.74, 6) is 0.828. The lowest BCUT2D eigenvalue weighted by Gasteiger charge is -2.28. The van der Waals surface area contributed by atoms with E-state index in [1.165, 1.54) is 5.19 Å². The number of benzene rings is 2. The van der Waals surface area contributed by atoms with Gasteiger partial charge in [0.1, 0.15) is 5.75 Å². The third-order valence-corrected chi connectivity index (χ3v) is 6.38. The van der Waals surface area contributed by atoms with Crippen molar-refractivity contribution in [3.05, 3.63) is 60.2 Å². The van der Waals surface area contributed by atoms with E-state index in [9.17, 15) is 4.79 Å². The summed E-state index contributed by atoms with van der Waals surface area (Å²) in [5, 5.41) is 1.60. The maximum absolute atomic E-state index is 11.8. The zero-order valence-electron chi connectivity index (χ0n) is 13.1. The van der Waals surface area contributed by atoms with E-state index < -0.39 is 9.04 Å². The van der Waals surface area contributed by atoms with Gasteiger partial charge in [-0.15, -0.1) is 0 Å². The molecule has 115 valence electrons. The van der Waals surface area contributed by atoms with Crippen molar-refractivity contribution in [1.82, 2.24) is 0 Å². The molecule has 2 aromatic rings. The van der Waals surface area contributed by atoms with Crippen LogP contribution in [0, 0.1) is 0 Å². The topological polar surface area (TPSA) is 26.3 Å². The van der Waals surface area contributed by atoms with Crippen LogP contribution in [0.5, 0.6) is 5.75 Å². The van der Waals surface area contributed by atoms with Gasteiger partial charge < -0.3 is 4.43 Å². The fourth-order valence-electron chi connectivity index (χ4n) is 2.16. The van der Waals surface area contributed by atoms with E-state index in [0.29, 0.717) is 10.9 Å². The summed E-state index contributed by atoms with van der Waals surface area (Å²) in [5.41, 5.74) is 0.678. The van der Waals surface area contributed by atoms with Crippen LogP contribution in [0.2, 0.25) is 5.04 Å². The minimum atomic E-state index is -1.26. The summed E-state index contributed by atoms with van der Waals surface area (Å²) in [4.78, 5) is 11.8. The minimum Gasteiger partial charge on any atom is -0.537 e. The van der Waals surface area contributed by atoms with Crippen LogP contribution in [0.1, 0.15) is 31.1 Å². The monoisotopic (exact) mass is 375 g/mol. The molecule has 4 heteroatoms. The molecular formula is C18H20BrO2Si. The molecule has 1 radical (unpaired) electrons. The SMILES string of the molecule is CC(C)(C)[Si](Oc1cccc(C(=O)CBr)c1)c1ccccc1. The Balaban J connectivity index is 2.31. The van der Waals surface area contributed by atoms with Gasteiger partial charge in [0.15, 0.2) is 5.78 Å². The largest absolute Gasteiger partial charge is 0.537 e. The predicted octanol–water partition coefficient (Wildman–Crippen LogP) is 4.34. The van der Waals surface area contributed by atoms with E-state index in [1.807, 2.05) is 42.5 Å². The molecule has 0 fully saturated rings. The molecule has 0 aliphatic heterocycles. The van der Waals surface area contributed by atoms with Crippen LogP contribution in [0.25, 0.3) is 0 Å². The first-order valence-corrected chi connectivity index (χ1v) is 9.74. The number of Topliss-reactive ketones (excluding diaryl/α,β-unsaturated/α-hetero) is 1. The van der Waals surface area contributed by atoms with Crippen LogP contribution < -0.4 is 9.61 Å². The Labute approximate surface area is 142 Å². The normalized spacial score (nSPS) is 11.5. The van der Waals surface area contributed by atoms with E-state index in [0.717, 1.165) is 5.75 Å². The Bertz CT molecular complexity index is 635.